The molecule has 0 aliphatic heterocycles. The second kappa shape index (κ2) is 9.99. The van der Waals surface area contributed by atoms with Crippen molar-refractivity contribution in [1.82, 2.24) is 0 Å². The van der Waals surface area contributed by atoms with Crippen LogP contribution in [0.2, 0.25) is 25.2 Å². The van der Waals surface area contributed by atoms with Crippen LogP contribution in [0.5, 0.6) is 0 Å². The molecule has 0 saturated heterocycles. The van der Waals surface area contributed by atoms with Gasteiger partial charge in [-0.1, -0.05) is 61.6 Å². The molecule has 4 nitrogen and oxygen atoms in total. The van der Waals surface area contributed by atoms with Crippen molar-refractivity contribution in [2.45, 2.75) is 57.5 Å². The smallest absolute Gasteiger partial charge is 0.309 e. The van der Waals surface area contributed by atoms with Gasteiger partial charge < -0.3 is 9.47 Å². The van der Waals surface area contributed by atoms with Crippen molar-refractivity contribution in [2.75, 3.05) is 13.7 Å². The van der Waals surface area contributed by atoms with Gasteiger partial charge in [0.25, 0.3) is 0 Å². The van der Waals surface area contributed by atoms with E-state index < -0.39 is 8.07 Å². The van der Waals surface area contributed by atoms with Crippen LogP contribution in [0.4, 0.5) is 0 Å². The lowest BCUT2D eigenvalue weighted by Crippen LogP contribution is -2.38. The summed E-state index contributed by atoms with van der Waals surface area (Å²) in [5.74, 6) is -0.0705. The van der Waals surface area contributed by atoms with Crippen molar-refractivity contribution in [1.29, 1.82) is 0 Å². The van der Waals surface area contributed by atoms with Crippen LogP contribution in [-0.4, -0.2) is 33.5 Å². The zero-order chi connectivity index (χ0) is 19.9. The number of carbonyl (C=O) groups is 2. The Bertz CT molecular complexity index is 661. The molecule has 27 heavy (non-hydrogen) atoms. The molecule has 1 saturated carbocycles. The number of ketones is 1. The molecule has 0 spiro atoms. The molecular weight excluding hydrogens is 356 g/mol. The maximum atomic E-state index is 12.6. The van der Waals surface area contributed by atoms with Crippen LogP contribution in [0.15, 0.2) is 42.0 Å². The lowest BCUT2D eigenvalue weighted by Gasteiger charge is -2.31. The largest absolute Gasteiger partial charge is 0.469 e. The molecule has 148 valence electrons. The van der Waals surface area contributed by atoms with Crippen LogP contribution in [0, 0.1) is 5.92 Å². The van der Waals surface area contributed by atoms with Crippen LogP contribution in [-0.2, 0) is 25.7 Å². The summed E-state index contributed by atoms with van der Waals surface area (Å²) in [5.41, 5.74) is 1.85. The van der Waals surface area contributed by atoms with E-state index in [1.807, 2.05) is 30.3 Å². The first-order chi connectivity index (χ1) is 12.8. The number of esters is 1. The summed E-state index contributed by atoms with van der Waals surface area (Å²) in [5, 5.41) is 0. The van der Waals surface area contributed by atoms with E-state index in [0.29, 0.717) is 26.1 Å². The maximum absolute atomic E-state index is 12.6. The van der Waals surface area contributed by atoms with E-state index in [-0.39, 0.29) is 23.2 Å². The molecule has 0 N–H and O–H groups in total. The Balaban J connectivity index is 2.10. The van der Waals surface area contributed by atoms with Crippen molar-refractivity contribution in [3.05, 3.63) is 47.5 Å². The molecule has 1 fully saturated rings. The average molecular weight is 389 g/mol. The first-order valence-corrected chi connectivity index (χ1v) is 13.3. The summed E-state index contributed by atoms with van der Waals surface area (Å²) in [6, 6.07) is 10.1. The molecule has 0 aromatic heterocycles. The zero-order valence-electron chi connectivity index (χ0n) is 17.0. The highest BCUT2D eigenvalue weighted by Gasteiger charge is 2.42. The van der Waals surface area contributed by atoms with Crippen molar-refractivity contribution < 1.29 is 19.1 Å². The Kier molecular flexibility index (Phi) is 7.99. The quantitative estimate of drug-likeness (QED) is 0.265. The summed E-state index contributed by atoms with van der Waals surface area (Å²) in [6.45, 7) is 7.62. The van der Waals surface area contributed by atoms with E-state index >= 15 is 0 Å². The minimum Gasteiger partial charge on any atom is -0.469 e. The Morgan fingerprint density at radius 1 is 1.26 bits per heavy atom. The number of carbonyl (C=O) groups excluding carboxylic acids is 2. The van der Waals surface area contributed by atoms with Crippen molar-refractivity contribution in [3.8, 4) is 0 Å². The van der Waals surface area contributed by atoms with Gasteiger partial charge in [0, 0.05) is 12.3 Å². The monoisotopic (exact) mass is 388 g/mol. The van der Waals surface area contributed by atoms with Gasteiger partial charge in [-0.15, -0.1) is 0 Å². The predicted molar refractivity (Wildman–Crippen MR) is 110 cm³/mol. The van der Waals surface area contributed by atoms with Crippen LogP contribution in [0.25, 0.3) is 0 Å². The summed E-state index contributed by atoms with van der Waals surface area (Å²) < 4.78 is 10.9. The van der Waals surface area contributed by atoms with Gasteiger partial charge in [-0.3, -0.25) is 9.59 Å². The van der Waals surface area contributed by atoms with Crippen LogP contribution in [0.3, 0.4) is 0 Å². The normalized spacial score (nSPS) is 19.2. The van der Waals surface area contributed by atoms with Crippen LogP contribution >= 0.6 is 0 Å². The number of ether oxygens (including phenoxy) is 2. The Morgan fingerprint density at radius 2 is 1.96 bits per heavy atom. The lowest BCUT2D eigenvalue weighted by atomic mass is 9.92. The molecule has 2 unspecified atom stereocenters. The summed E-state index contributed by atoms with van der Waals surface area (Å²) >= 11 is 0. The van der Waals surface area contributed by atoms with Gasteiger partial charge in [0.2, 0.25) is 0 Å². The van der Waals surface area contributed by atoms with Gasteiger partial charge >= 0.3 is 5.97 Å². The molecule has 1 aliphatic carbocycles. The lowest BCUT2D eigenvalue weighted by molar-refractivity contribution is -0.140. The Hall–Kier alpha value is -1.72. The second-order valence-corrected chi connectivity index (χ2v) is 13.6. The number of methoxy groups -OCH3 is 1. The molecule has 1 aliphatic rings. The highest BCUT2D eigenvalue weighted by atomic mass is 28.3. The minimum absolute atomic E-state index is 0.130. The van der Waals surface area contributed by atoms with Gasteiger partial charge in [-0.2, -0.15) is 0 Å². The Morgan fingerprint density at radius 3 is 2.52 bits per heavy atom. The Labute approximate surface area is 164 Å². The van der Waals surface area contributed by atoms with Crippen molar-refractivity contribution >= 4 is 19.8 Å². The number of benzene rings is 1. The van der Waals surface area contributed by atoms with Gasteiger partial charge in [0.05, 0.1) is 33.9 Å². The molecule has 0 radical (unpaired) electrons. The third-order valence-corrected chi connectivity index (χ3v) is 7.40. The number of rotatable bonds is 9. The maximum Gasteiger partial charge on any atom is 0.309 e. The molecule has 0 amide bonds. The van der Waals surface area contributed by atoms with E-state index in [4.69, 9.17) is 9.47 Å². The SMILES string of the molecule is COC(=O)C(/C(=C\CCOCc1ccccc1)C1CCCC1=O)[Si](C)(C)C. The summed E-state index contributed by atoms with van der Waals surface area (Å²) in [7, 11) is -0.451. The van der Waals surface area contributed by atoms with E-state index in [1.165, 1.54) is 7.11 Å². The second-order valence-electron chi connectivity index (χ2n) is 8.26. The van der Waals surface area contributed by atoms with Gasteiger partial charge in [-0.05, 0) is 24.8 Å². The van der Waals surface area contributed by atoms with E-state index in [2.05, 4.69) is 25.7 Å². The highest BCUT2D eigenvalue weighted by Crippen LogP contribution is 2.41. The molecule has 1 aromatic carbocycles. The first kappa shape index (κ1) is 21.6. The molecule has 1 aromatic rings. The average Bonchev–Trinajstić information content (AvgIpc) is 3.05. The first-order valence-electron chi connectivity index (χ1n) is 9.76. The van der Waals surface area contributed by atoms with Crippen LogP contribution in [0.1, 0.15) is 31.2 Å². The number of Topliss-reactive ketones (excluding diaryl/α,β-unsaturated/α-hetero) is 1. The van der Waals surface area contributed by atoms with Gasteiger partial charge in [-0.25, -0.2) is 0 Å². The van der Waals surface area contributed by atoms with Crippen molar-refractivity contribution in [2.24, 2.45) is 5.92 Å². The fraction of sp³-hybridized carbons (Fsp3) is 0.545. The van der Waals surface area contributed by atoms with Gasteiger partial charge in [0.1, 0.15) is 5.78 Å². The van der Waals surface area contributed by atoms with E-state index in [9.17, 15) is 9.59 Å². The van der Waals surface area contributed by atoms with Crippen molar-refractivity contribution in [3.63, 3.8) is 0 Å². The number of hydrogen-bond donors (Lipinski definition) is 0. The molecule has 5 heteroatoms. The minimum atomic E-state index is -1.89. The molecule has 0 bridgehead atoms. The standard InChI is InChI=1S/C22H32O4Si/c1-25-22(24)21(27(2,3)4)19(18-12-8-14-20(18)23)13-9-15-26-16-17-10-6-5-7-11-17/h5-7,10-11,13,18,21H,8-9,12,14-16H2,1-4H3/b19-13-. The fourth-order valence-corrected chi connectivity index (χ4v) is 5.95. The van der Waals surface area contributed by atoms with Gasteiger partial charge in [0.15, 0.2) is 0 Å². The summed E-state index contributed by atoms with van der Waals surface area (Å²) in [6.07, 6.45) is 5.15. The number of hydrogen-bond acceptors (Lipinski definition) is 4. The fourth-order valence-electron chi connectivity index (χ4n) is 3.81. The van der Waals surface area contributed by atoms with E-state index in [1.54, 1.807) is 0 Å². The third-order valence-electron chi connectivity index (χ3n) is 5.10. The highest BCUT2D eigenvalue weighted by molar-refractivity contribution is 6.81. The van der Waals surface area contributed by atoms with Crippen LogP contribution < -0.4 is 0 Å². The molecule has 2 atom stereocenters. The zero-order valence-corrected chi connectivity index (χ0v) is 18.0. The third kappa shape index (κ3) is 6.15. The van der Waals surface area contributed by atoms with E-state index in [0.717, 1.165) is 24.0 Å². The molecular formula is C22H32O4Si. The molecule has 0 heterocycles. The molecule has 2 rings (SSSR count). The topological polar surface area (TPSA) is 52.6 Å². The predicted octanol–water partition coefficient (Wildman–Crippen LogP) is 4.77. The summed E-state index contributed by atoms with van der Waals surface area (Å²) in [4.78, 5) is 25.0.